The molecule has 1 aliphatic carbocycles. The Balaban J connectivity index is 0.00000162. The third-order valence-corrected chi connectivity index (χ3v) is 4.48. The molecule has 94 valence electrons. The molecule has 0 aromatic rings. The molecule has 18 heavy (non-hydrogen) atoms. The Morgan fingerprint density at radius 1 is 1.39 bits per heavy atom. The fraction of sp³-hybridized carbons (Fsp3) is 0.750. The molecule has 0 radical (unpaired) electrons. The third kappa shape index (κ3) is 2.15. The van der Waals surface area contributed by atoms with Crippen molar-refractivity contribution in [1.82, 2.24) is 5.32 Å². The molecule has 6 heteroatoms. The summed E-state index contributed by atoms with van der Waals surface area (Å²) < 4.78 is 0. The molecule has 2 aliphatic rings. The summed E-state index contributed by atoms with van der Waals surface area (Å²) in [6, 6.07) is 0. The largest absolute Gasteiger partial charge is 1.00 e. The first-order chi connectivity index (χ1) is 8.07. The van der Waals surface area contributed by atoms with E-state index >= 15 is 0 Å². The van der Waals surface area contributed by atoms with Crippen LogP contribution in [-0.2, 0) is 4.79 Å². The molecule has 2 unspecified atom stereocenters. The van der Waals surface area contributed by atoms with Gasteiger partial charge in [-0.1, -0.05) is 26.7 Å². The summed E-state index contributed by atoms with van der Waals surface area (Å²) in [7, 11) is 0. The molecule has 1 amide bonds. The number of nitrogens with one attached hydrogen (secondary N) is 1. The van der Waals surface area contributed by atoms with E-state index < -0.39 is 5.41 Å². The molecular formula is C12H17N2NaO2S. The van der Waals surface area contributed by atoms with Gasteiger partial charge in [-0.25, -0.2) is 4.99 Å². The zero-order valence-electron chi connectivity index (χ0n) is 11.2. The Morgan fingerprint density at radius 3 is 2.28 bits per heavy atom. The second kappa shape index (κ2) is 5.99. The average molecular weight is 276 g/mol. The fourth-order valence-electron chi connectivity index (χ4n) is 3.47. The molecule has 0 aromatic heterocycles. The zero-order valence-corrected chi connectivity index (χ0v) is 14.0. The number of thiocarbonyl (C=S) groups is 1. The van der Waals surface area contributed by atoms with Crippen LogP contribution in [0.4, 0.5) is 0 Å². The molecule has 0 bridgehead atoms. The van der Waals surface area contributed by atoms with E-state index in [2.05, 4.69) is 10.3 Å². The van der Waals surface area contributed by atoms with Crippen molar-refractivity contribution in [3.63, 3.8) is 0 Å². The summed E-state index contributed by atoms with van der Waals surface area (Å²) in [5.41, 5.74) is -0.939. The first-order valence-electron chi connectivity index (χ1n) is 6.18. The second-order valence-corrected chi connectivity index (χ2v) is 5.22. The normalized spacial score (nSPS) is 35.1. The van der Waals surface area contributed by atoms with Crippen molar-refractivity contribution < 1.29 is 39.5 Å². The number of hydrogen-bond acceptors (Lipinski definition) is 3. The van der Waals surface area contributed by atoms with Crippen molar-refractivity contribution in [1.29, 1.82) is 0 Å². The van der Waals surface area contributed by atoms with Crippen LogP contribution in [0.5, 0.6) is 0 Å². The molecule has 1 heterocycles. The number of aliphatic imine (C=N–C) groups is 1. The van der Waals surface area contributed by atoms with Gasteiger partial charge in [-0.3, -0.25) is 4.79 Å². The molecule has 2 rings (SSSR count). The Bertz CT molecular complexity index is 386. The molecule has 1 spiro atoms. The molecule has 1 N–H and O–H groups in total. The van der Waals surface area contributed by atoms with E-state index in [1.165, 1.54) is 0 Å². The van der Waals surface area contributed by atoms with Crippen molar-refractivity contribution in [3.05, 3.63) is 0 Å². The predicted molar refractivity (Wildman–Crippen MR) is 67.4 cm³/mol. The third-order valence-electron chi connectivity index (χ3n) is 4.29. The zero-order chi connectivity index (χ0) is 12.6. The van der Waals surface area contributed by atoms with Gasteiger partial charge in [-0.05, 0) is 42.8 Å². The van der Waals surface area contributed by atoms with E-state index in [1.54, 1.807) is 0 Å². The number of carbonyl (C=O) groups excluding carboxylic acids is 1. The van der Waals surface area contributed by atoms with Crippen LogP contribution in [0.1, 0.15) is 39.5 Å². The van der Waals surface area contributed by atoms with Gasteiger partial charge in [0, 0.05) is 0 Å². The average Bonchev–Trinajstić information content (AvgIpc) is 2.65. The molecule has 1 fully saturated rings. The van der Waals surface area contributed by atoms with Crippen molar-refractivity contribution in [3.8, 4) is 0 Å². The first-order valence-corrected chi connectivity index (χ1v) is 6.59. The predicted octanol–water partition coefficient (Wildman–Crippen LogP) is -2.00. The molecular weight excluding hydrogens is 259 g/mol. The van der Waals surface area contributed by atoms with Gasteiger partial charge in [0.1, 0.15) is 0 Å². The van der Waals surface area contributed by atoms with Gasteiger partial charge in [0.25, 0.3) is 0 Å². The topological polar surface area (TPSA) is 64.5 Å². The van der Waals surface area contributed by atoms with Gasteiger partial charge in [0.15, 0.2) is 5.11 Å². The maximum atomic E-state index is 12.3. The molecule has 2 atom stereocenters. The Kier molecular flexibility index (Phi) is 5.35. The number of hydrogen-bond donors (Lipinski definition) is 1. The summed E-state index contributed by atoms with van der Waals surface area (Å²) in [6.07, 6.45) is 3.52. The minimum atomic E-state index is -0.939. The minimum Gasteiger partial charge on any atom is -0.861 e. The summed E-state index contributed by atoms with van der Waals surface area (Å²) >= 11 is 4.81. The van der Waals surface area contributed by atoms with Crippen LogP contribution in [0.2, 0.25) is 0 Å². The quantitative estimate of drug-likeness (QED) is 0.468. The van der Waals surface area contributed by atoms with Gasteiger partial charge >= 0.3 is 29.6 Å². The van der Waals surface area contributed by atoms with Crippen molar-refractivity contribution >= 4 is 29.1 Å². The number of rotatable bonds is 2. The van der Waals surface area contributed by atoms with E-state index in [0.29, 0.717) is 0 Å². The van der Waals surface area contributed by atoms with E-state index in [9.17, 15) is 9.90 Å². The number of carbonyl (C=O) groups is 1. The van der Waals surface area contributed by atoms with Gasteiger partial charge in [0.05, 0.1) is 5.41 Å². The van der Waals surface area contributed by atoms with Crippen LogP contribution < -0.4 is 40.0 Å². The summed E-state index contributed by atoms with van der Waals surface area (Å²) in [4.78, 5) is 16.1. The van der Waals surface area contributed by atoms with Crippen LogP contribution >= 0.6 is 12.2 Å². The second-order valence-electron chi connectivity index (χ2n) is 4.83. The van der Waals surface area contributed by atoms with Gasteiger partial charge in [-0.2, -0.15) is 0 Å². The number of nitrogens with zero attached hydrogens (tertiary/aromatic N) is 1. The van der Waals surface area contributed by atoms with Crippen LogP contribution in [-0.4, -0.2) is 16.9 Å². The fourth-order valence-corrected chi connectivity index (χ4v) is 3.65. The summed E-state index contributed by atoms with van der Waals surface area (Å²) in [5.74, 6) is -0.334. The monoisotopic (exact) mass is 276 g/mol. The standard InChI is InChI=1S/C12H18N2O2S.Na/c1-3-7-5-6-8(4-2)12(7)9(15)13-11(17)14-10(12)16;/h7-8H,3-6H2,1-2H3,(H2,13,14,15,16,17);/q;+1/p-1. The van der Waals surface area contributed by atoms with Crippen molar-refractivity contribution in [2.75, 3.05) is 0 Å². The smallest absolute Gasteiger partial charge is 0.861 e. The van der Waals surface area contributed by atoms with E-state index in [0.717, 1.165) is 25.7 Å². The molecule has 1 saturated carbocycles. The summed E-state index contributed by atoms with van der Waals surface area (Å²) in [6.45, 7) is 4.05. The van der Waals surface area contributed by atoms with E-state index in [-0.39, 0.29) is 58.3 Å². The molecule has 0 aromatic carbocycles. The first kappa shape index (κ1) is 16.1. The minimum absolute atomic E-state index is 0. The maximum absolute atomic E-state index is 12.3. The van der Waals surface area contributed by atoms with Crippen LogP contribution in [0.3, 0.4) is 0 Å². The molecule has 0 saturated heterocycles. The SMILES string of the molecule is CCC1CCC(CC)C12C(=O)NC(=S)N=C2[O-].[Na+]. The van der Waals surface area contributed by atoms with Gasteiger partial charge in [0.2, 0.25) is 5.91 Å². The van der Waals surface area contributed by atoms with Crippen LogP contribution in [0.15, 0.2) is 4.99 Å². The Morgan fingerprint density at radius 2 is 1.89 bits per heavy atom. The Labute approximate surface area is 135 Å². The Hall–Kier alpha value is 0.0300. The van der Waals surface area contributed by atoms with Crippen molar-refractivity contribution in [2.45, 2.75) is 39.5 Å². The van der Waals surface area contributed by atoms with E-state index in [4.69, 9.17) is 12.2 Å². The molecule has 1 aliphatic heterocycles. The maximum Gasteiger partial charge on any atom is 1.00 e. The van der Waals surface area contributed by atoms with Gasteiger partial charge < -0.3 is 10.4 Å². The van der Waals surface area contributed by atoms with Crippen LogP contribution in [0.25, 0.3) is 0 Å². The number of amides is 1. The van der Waals surface area contributed by atoms with Crippen molar-refractivity contribution in [2.24, 2.45) is 22.2 Å². The summed E-state index contributed by atoms with van der Waals surface area (Å²) in [5, 5.41) is 14.9. The molecule has 4 nitrogen and oxygen atoms in total. The van der Waals surface area contributed by atoms with Gasteiger partial charge in [-0.15, -0.1) is 0 Å². The van der Waals surface area contributed by atoms with E-state index in [1.807, 2.05) is 13.8 Å². The van der Waals surface area contributed by atoms with Crippen LogP contribution in [0, 0.1) is 17.3 Å².